The van der Waals surface area contributed by atoms with Crippen molar-refractivity contribution in [2.75, 3.05) is 18.0 Å². The van der Waals surface area contributed by atoms with Crippen LogP contribution in [0.2, 0.25) is 0 Å². The van der Waals surface area contributed by atoms with Crippen molar-refractivity contribution in [1.29, 1.82) is 0 Å². The fourth-order valence-corrected chi connectivity index (χ4v) is 4.67. The van der Waals surface area contributed by atoms with E-state index in [9.17, 15) is 18.0 Å². The Bertz CT molecular complexity index is 1050. The molecule has 2 N–H and O–H groups in total. The summed E-state index contributed by atoms with van der Waals surface area (Å²) in [4.78, 5) is 26.3. The smallest absolute Gasteiger partial charge is 0.240 e. The van der Waals surface area contributed by atoms with Crippen molar-refractivity contribution < 1.29 is 18.0 Å². The molecule has 0 saturated heterocycles. The van der Waals surface area contributed by atoms with E-state index in [1.807, 2.05) is 30.3 Å². The lowest BCUT2D eigenvalue weighted by Gasteiger charge is -2.17. The summed E-state index contributed by atoms with van der Waals surface area (Å²) in [5.41, 5.74) is 2.66. The molecule has 0 spiro atoms. The highest BCUT2D eigenvalue weighted by Gasteiger charge is 2.36. The van der Waals surface area contributed by atoms with E-state index in [0.717, 1.165) is 29.7 Å². The molecule has 7 nitrogen and oxygen atoms in total. The van der Waals surface area contributed by atoms with Crippen LogP contribution in [0.1, 0.15) is 30.4 Å². The molecule has 2 aromatic rings. The maximum absolute atomic E-state index is 12.6. The third-order valence-corrected chi connectivity index (χ3v) is 6.88. The summed E-state index contributed by atoms with van der Waals surface area (Å²) in [6, 6.07) is 14.4. The minimum absolute atomic E-state index is 0.0202. The second kappa shape index (κ2) is 8.57. The summed E-state index contributed by atoms with van der Waals surface area (Å²) in [5.74, 6) is 0.0581. The van der Waals surface area contributed by atoms with Crippen LogP contribution in [0.25, 0.3) is 0 Å². The average Bonchev–Trinajstić information content (AvgIpc) is 3.51. The van der Waals surface area contributed by atoms with Gasteiger partial charge in [0, 0.05) is 37.7 Å². The van der Waals surface area contributed by atoms with Crippen molar-refractivity contribution in [2.24, 2.45) is 5.92 Å². The first-order valence-electron chi connectivity index (χ1n) is 10.2. The summed E-state index contributed by atoms with van der Waals surface area (Å²) < 4.78 is 27.7. The lowest BCUT2D eigenvalue weighted by atomic mass is 10.2. The Kier molecular flexibility index (Phi) is 5.87. The molecule has 4 rings (SSSR count). The van der Waals surface area contributed by atoms with E-state index >= 15 is 0 Å². The molecule has 158 valence electrons. The van der Waals surface area contributed by atoms with Crippen molar-refractivity contribution >= 4 is 27.5 Å². The van der Waals surface area contributed by atoms with E-state index in [2.05, 4.69) is 10.0 Å². The Morgan fingerprint density at radius 2 is 1.83 bits per heavy atom. The molecule has 0 unspecified atom stereocenters. The van der Waals surface area contributed by atoms with Crippen LogP contribution >= 0.6 is 0 Å². The van der Waals surface area contributed by atoms with Crippen LogP contribution in [0.4, 0.5) is 5.69 Å². The first-order chi connectivity index (χ1) is 14.4. The molecule has 2 aromatic carbocycles. The third-order valence-electron chi connectivity index (χ3n) is 5.43. The molecule has 30 heavy (non-hydrogen) atoms. The SMILES string of the molecule is O=C(CCNS(=O)(=O)c1ccc2c(c1)CCN2C(=O)C1CC1)NCc1ccccc1. The fourth-order valence-electron chi connectivity index (χ4n) is 3.59. The van der Waals surface area contributed by atoms with Gasteiger partial charge in [-0.05, 0) is 48.6 Å². The number of fused-ring (bicyclic) bond motifs is 1. The maximum atomic E-state index is 12.6. The maximum Gasteiger partial charge on any atom is 0.240 e. The van der Waals surface area contributed by atoms with Crippen LogP contribution in [0.15, 0.2) is 53.4 Å². The largest absolute Gasteiger partial charge is 0.352 e. The average molecular weight is 428 g/mol. The molecule has 1 aliphatic carbocycles. The van der Waals surface area contributed by atoms with Gasteiger partial charge in [0.1, 0.15) is 0 Å². The lowest BCUT2D eigenvalue weighted by molar-refractivity contribution is -0.121. The number of carbonyl (C=O) groups excluding carboxylic acids is 2. The zero-order chi connectivity index (χ0) is 21.1. The first-order valence-corrected chi connectivity index (χ1v) is 11.7. The highest BCUT2D eigenvalue weighted by Crippen LogP contribution is 2.37. The minimum atomic E-state index is -3.72. The molecule has 0 bridgehead atoms. The number of carbonyl (C=O) groups is 2. The van der Waals surface area contributed by atoms with Crippen molar-refractivity contribution in [3.05, 3.63) is 59.7 Å². The van der Waals surface area contributed by atoms with Crippen LogP contribution in [-0.4, -0.2) is 33.3 Å². The molecule has 1 saturated carbocycles. The highest BCUT2D eigenvalue weighted by atomic mass is 32.2. The lowest BCUT2D eigenvalue weighted by Crippen LogP contribution is -2.31. The number of nitrogens with one attached hydrogen (secondary N) is 2. The molecule has 0 atom stereocenters. The molecule has 2 aliphatic rings. The molecular weight excluding hydrogens is 402 g/mol. The van der Waals surface area contributed by atoms with E-state index in [0.29, 0.717) is 19.5 Å². The number of hydrogen-bond acceptors (Lipinski definition) is 4. The summed E-state index contributed by atoms with van der Waals surface area (Å²) in [5, 5.41) is 2.78. The predicted molar refractivity (Wildman–Crippen MR) is 113 cm³/mol. The number of nitrogens with zero attached hydrogens (tertiary/aromatic N) is 1. The molecule has 1 fully saturated rings. The predicted octanol–water partition coefficient (Wildman–Crippen LogP) is 1.97. The number of benzene rings is 2. The van der Waals surface area contributed by atoms with Gasteiger partial charge in [-0.1, -0.05) is 30.3 Å². The van der Waals surface area contributed by atoms with Gasteiger partial charge in [-0.3, -0.25) is 9.59 Å². The Balaban J connectivity index is 1.30. The Hall–Kier alpha value is -2.71. The number of anilines is 1. The molecule has 2 amide bonds. The van der Waals surface area contributed by atoms with Gasteiger partial charge in [-0.15, -0.1) is 0 Å². The van der Waals surface area contributed by atoms with Crippen LogP contribution in [-0.2, 0) is 32.6 Å². The number of hydrogen-bond donors (Lipinski definition) is 2. The molecule has 1 heterocycles. The molecule has 8 heteroatoms. The van der Waals surface area contributed by atoms with E-state index in [-0.39, 0.29) is 35.6 Å². The summed E-state index contributed by atoms with van der Waals surface area (Å²) in [6.45, 7) is 1.03. The van der Waals surface area contributed by atoms with Gasteiger partial charge in [0.05, 0.1) is 4.90 Å². The zero-order valence-corrected chi connectivity index (χ0v) is 17.5. The van der Waals surface area contributed by atoms with Gasteiger partial charge in [0.25, 0.3) is 0 Å². The van der Waals surface area contributed by atoms with Crippen LogP contribution in [0, 0.1) is 5.92 Å². The topological polar surface area (TPSA) is 95.6 Å². The quantitative estimate of drug-likeness (QED) is 0.673. The van der Waals surface area contributed by atoms with Crippen LogP contribution in [0.5, 0.6) is 0 Å². The highest BCUT2D eigenvalue weighted by molar-refractivity contribution is 7.89. The summed E-state index contributed by atoms with van der Waals surface area (Å²) in [7, 11) is -3.72. The van der Waals surface area contributed by atoms with Gasteiger partial charge in [0.15, 0.2) is 0 Å². The van der Waals surface area contributed by atoms with Gasteiger partial charge < -0.3 is 10.2 Å². The third kappa shape index (κ3) is 4.71. The van der Waals surface area contributed by atoms with E-state index in [1.54, 1.807) is 17.0 Å². The first kappa shape index (κ1) is 20.6. The van der Waals surface area contributed by atoms with Crippen LogP contribution in [0.3, 0.4) is 0 Å². The van der Waals surface area contributed by atoms with Crippen molar-refractivity contribution in [1.82, 2.24) is 10.0 Å². The van der Waals surface area contributed by atoms with Crippen molar-refractivity contribution in [3.8, 4) is 0 Å². The Labute approximate surface area is 176 Å². The molecular formula is C22H25N3O4S. The molecule has 1 aliphatic heterocycles. The van der Waals surface area contributed by atoms with Gasteiger partial charge in [-0.25, -0.2) is 13.1 Å². The van der Waals surface area contributed by atoms with E-state index < -0.39 is 10.0 Å². The zero-order valence-electron chi connectivity index (χ0n) is 16.6. The van der Waals surface area contributed by atoms with Crippen molar-refractivity contribution in [2.45, 2.75) is 37.1 Å². The van der Waals surface area contributed by atoms with E-state index in [4.69, 9.17) is 0 Å². The standard InChI is InChI=1S/C22H25N3O4S/c26-21(23-15-16-4-2-1-3-5-16)10-12-24-30(28,29)19-8-9-20-18(14-19)11-13-25(20)22(27)17-6-7-17/h1-5,8-9,14,17,24H,6-7,10-13,15H2,(H,23,26). The Morgan fingerprint density at radius 3 is 2.57 bits per heavy atom. The molecule has 0 radical (unpaired) electrons. The van der Waals surface area contributed by atoms with Gasteiger partial charge in [-0.2, -0.15) is 0 Å². The fraction of sp³-hybridized carbons (Fsp3) is 0.364. The summed E-state index contributed by atoms with van der Waals surface area (Å²) >= 11 is 0. The minimum Gasteiger partial charge on any atom is -0.352 e. The van der Waals surface area contributed by atoms with Gasteiger partial charge in [0.2, 0.25) is 21.8 Å². The number of rotatable bonds is 8. The second-order valence-electron chi connectivity index (χ2n) is 7.71. The number of amides is 2. The van der Waals surface area contributed by atoms with Gasteiger partial charge >= 0.3 is 0 Å². The number of sulfonamides is 1. The molecule has 0 aromatic heterocycles. The summed E-state index contributed by atoms with van der Waals surface area (Å²) in [6.07, 6.45) is 2.60. The van der Waals surface area contributed by atoms with Crippen molar-refractivity contribution in [3.63, 3.8) is 0 Å². The Morgan fingerprint density at radius 1 is 1.07 bits per heavy atom. The second-order valence-corrected chi connectivity index (χ2v) is 9.48. The monoisotopic (exact) mass is 427 g/mol. The van der Waals surface area contributed by atoms with Crippen LogP contribution < -0.4 is 14.9 Å². The normalized spacial score (nSPS) is 15.7. The van der Waals surface area contributed by atoms with E-state index in [1.165, 1.54) is 6.07 Å².